The summed E-state index contributed by atoms with van der Waals surface area (Å²) in [5.74, 6) is -1.15. The van der Waals surface area contributed by atoms with Gasteiger partial charge in [0.25, 0.3) is 5.91 Å². The van der Waals surface area contributed by atoms with Crippen LogP contribution in [0.25, 0.3) is 10.8 Å². The molecule has 2 amide bonds. The van der Waals surface area contributed by atoms with Crippen molar-refractivity contribution in [1.82, 2.24) is 9.79 Å². The van der Waals surface area contributed by atoms with Crippen molar-refractivity contribution in [3.8, 4) is 0 Å². The van der Waals surface area contributed by atoms with Crippen LogP contribution in [0.5, 0.6) is 0 Å². The van der Waals surface area contributed by atoms with E-state index in [1.54, 1.807) is 43.6 Å². The van der Waals surface area contributed by atoms with Crippen LogP contribution in [0.3, 0.4) is 0 Å². The van der Waals surface area contributed by atoms with Crippen molar-refractivity contribution >= 4 is 38.3 Å². The Bertz CT molecular complexity index is 1140. The summed E-state index contributed by atoms with van der Waals surface area (Å²) >= 11 is 0. The van der Waals surface area contributed by atoms with Gasteiger partial charge in [0.15, 0.2) is 0 Å². The van der Waals surface area contributed by atoms with Crippen LogP contribution in [-0.4, -0.2) is 42.3 Å². The third-order valence-electron chi connectivity index (χ3n) is 5.62. The molecule has 0 fully saturated rings. The molecule has 2 atom stereocenters. The van der Waals surface area contributed by atoms with E-state index in [2.05, 4.69) is 11.9 Å². The number of benzene rings is 2. The number of nitrogens with one attached hydrogen (secondary N) is 2. The molecular formula is C25H35N3O5S. The van der Waals surface area contributed by atoms with Crippen molar-refractivity contribution in [2.24, 2.45) is 11.8 Å². The Morgan fingerprint density at radius 1 is 1.09 bits per heavy atom. The minimum Gasteiger partial charge on any atom is -0.326 e. The summed E-state index contributed by atoms with van der Waals surface area (Å²) in [7, 11) is -4.09. The molecule has 0 saturated heterocycles. The smallest absolute Gasteiger partial charge is 0.262 e. The Morgan fingerprint density at radius 2 is 1.74 bits per heavy atom. The highest BCUT2D eigenvalue weighted by molar-refractivity contribution is 7.89. The zero-order valence-electron chi connectivity index (χ0n) is 20.4. The molecule has 0 radical (unpaired) electrons. The summed E-state index contributed by atoms with van der Waals surface area (Å²) in [5.41, 5.74) is 2.72. The zero-order chi connectivity index (χ0) is 25.6. The van der Waals surface area contributed by atoms with Crippen LogP contribution in [0.15, 0.2) is 49.1 Å². The van der Waals surface area contributed by atoms with Crippen molar-refractivity contribution < 1.29 is 23.2 Å². The third kappa shape index (κ3) is 6.43. The summed E-state index contributed by atoms with van der Waals surface area (Å²) in [4.78, 5) is 23.9. The monoisotopic (exact) mass is 489 g/mol. The summed E-state index contributed by atoms with van der Waals surface area (Å²) in [5, 5.41) is 12.6. The normalized spacial score (nSPS) is 13.8. The number of hydrogen-bond acceptors (Lipinski definition) is 5. The number of carbonyl (C=O) groups excluding carboxylic acids is 2. The summed E-state index contributed by atoms with van der Waals surface area (Å²) in [6, 6.07) is 9.61. The first kappa shape index (κ1) is 27.5. The van der Waals surface area contributed by atoms with Gasteiger partial charge in [0.1, 0.15) is 11.3 Å². The number of carbonyl (C=O) groups is 2. The number of anilines is 1. The predicted molar refractivity (Wildman–Crippen MR) is 135 cm³/mol. The number of sulfonamides is 1. The summed E-state index contributed by atoms with van der Waals surface area (Å²) in [6.07, 6.45) is 1.90. The molecule has 2 rings (SSSR count). The van der Waals surface area contributed by atoms with E-state index >= 15 is 0 Å². The van der Waals surface area contributed by atoms with E-state index in [0.717, 1.165) is 10.8 Å². The zero-order valence-corrected chi connectivity index (χ0v) is 21.2. The quantitative estimate of drug-likeness (QED) is 0.248. The molecule has 0 aliphatic heterocycles. The lowest BCUT2D eigenvalue weighted by Gasteiger charge is -2.34. The van der Waals surface area contributed by atoms with Crippen LogP contribution in [0.4, 0.5) is 5.69 Å². The Kier molecular flexibility index (Phi) is 9.37. The number of amides is 2. The fraction of sp³-hybridized carbons (Fsp3) is 0.440. The van der Waals surface area contributed by atoms with Crippen LogP contribution >= 0.6 is 0 Å². The van der Waals surface area contributed by atoms with Gasteiger partial charge in [0, 0.05) is 19.2 Å². The molecule has 34 heavy (non-hydrogen) atoms. The van der Waals surface area contributed by atoms with E-state index < -0.39 is 27.2 Å². The molecule has 186 valence electrons. The molecule has 0 saturated carbocycles. The highest BCUT2D eigenvalue weighted by Crippen LogP contribution is 2.33. The highest BCUT2D eigenvalue weighted by Gasteiger charge is 2.40. The number of rotatable bonds is 11. The molecule has 0 aliphatic rings. The second-order valence-corrected chi connectivity index (χ2v) is 11.2. The molecule has 2 aromatic rings. The van der Waals surface area contributed by atoms with Crippen molar-refractivity contribution in [3.63, 3.8) is 0 Å². The fourth-order valence-corrected chi connectivity index (χ4v) is 5.98. The molecule has 3 N–H and O–H groups in total. The Labute approximate surface area is 202 Å². The van der Waals surface area contributed by atoms with Crippen molar-refractivity contribution in [2.75, 3.05) is 11.9 Å². The van der Waals surface area contributed by atoms with Gasteiger partial charge in [-0.3, -0.25) is 14.8 Å². The van der Waals surface area contributed by atoms with Gasteiger partial charge in [0.2, 0.25) is 15.9 Å². The number of fused-ring (bicyclic) bond motifs is 1. The van der Waals surface area contributed by atoms with Gasteiger partial charge in [-0.25, -0.2) is 13.9 Å². The third-order valence-corrected chi connectivity index (χ3v) is 7.79. The second-order valence-electron chi connectivity index (χ2n) is 9.16. The lowest BCUT2D eigenvalue weighted by molar-refractivity contribution is -0.134. The van der Waals surface area contributed by atoms with Gasteiger partial charge in [-0.2, -0.15) is 4.31 Å². The van der Waals surface area contributed by atoms with Crippen molar-refractivity contribution in [1.29, 1.82) is 0 Å². The van der Waals surface area contributed by atoms with Crippen LogP contribution in [0.2, 0.25) is 0 Å². The van der Waals surface area contributed by atoms with Crippen molar-refractivity contribution in [2.45, 2.75) is 52.3 Å². The molecule has 0 aromatic heterocycles. The van der Waals surface area contributed by atoms with Crippen LogP contribution < -0.4 is 10.8 Å². The SMILES string of the molecule is C=CC(c1ccc2ccc(NC(C)=O)cc2c1)S(=O)(=O)N(CCC(C)C)C(C(=O)NO)C(C)C. The maximum Gasteiger partial charge on any atom is 0.262 e. The van der Waals surface area contributed by atoms with E-state index in [1.165, 1.54) is 17.3 Å². The molecule has 0 aliphatic carbocycles. The van der Waals surface area contributed by atoms with Gasteiger partial charge < -0.3 is 5.32 Å². The molecule has 0 spiro atoms. The summed E-state index contributed by atoms with van der Waals surface area (Å²) < 4.78 is 29.0. The summed E-state index contributed by atoms with van der Waals surface area (Å²) in [6.45, 7) is 12.7. The maximum atomic E-state index is 13.9. The Balaban J connectivity index is 2.59. The second kappa shape index (κ2) is 11.6. The number of nitrogens with zero attached hydrogens (tertiary/aromatic N) is 1. The van der Waals surface area contributed by atoms with Crippen LogP contribution in [0.1, 0.15) is 51.9 Å². The first-order chi connectivity index (χ1) is 15.9. The number of hydrogen-bond donors (Lipinski definition) is 3. The van der Waals surface area contributed by atoms with E-state index in [9.17, 15) is 23.2 Å². The molecule has 0 bridgehead atoms. The van der Waals surface area contributed by atoms with Crippen LogP contribution in [-0.2, 0) is 19.6 Å². The standard InChI is InChI=1S/C25H35N3O5S/c1-7-23(20-9-8-19-10-11-22(26-18(6)29)15-21(19)14-20)34(32,33)28(13-12-16(2)3)24(17(4)5)25(30)27-31/h7-11,14-17,23-24,31H,1,12-13H2,2-6H3,(H,26,29)(H,27,30). The minimum absolute atomic E-state index is 0.126. The molecular weight excluding hydrogens is 454 g/mol. The van der Waals surface area contributed by atoms with Gasteiger partial charge in [-0.05, 0) is 52.8 Å². The maximum absolute atomic E-state index is 13.9. The highest BCUT2D eigenvalue weighted by atomic mass is 32.2. The lowest BCUT2D eigenvalue weighted by atomic mass is 10.0. The van der Waals surface area contributed by atoms with Crippen LogP contribution in [0, 0.1) is 11.8 Å². The Hall–Kier alpha value is -2.75. The molecule has 2 aromatic carbocycles. The molecule has 8 nitrogen and oxygen atoms in total. The largest absolute Gasteiger partial charge is 0.326 e. The topological polar surface area (TPSA) is 116 Å². The minimum atomic E-state index is -4.09. The molecule has 9 heteroatoms. The lowest BCUT2D eigenvalue weighted by Crippen LogP contribution is -2.53. The Morgan fingerprint density at radius 3 is 2.26 bits per heavy atom. The first-order valence-corrected chi connectivity index (χ1v) is 12.8. The van der Waals surface area contributed by atoms with Crippen molar-refractivity contribution in [3.05, 3.63) is 54.6 Å². The fourth-order valence-electron chi connectivity index (χ4n) is 3.94. The van der Waals surface area contributed by atoms with Gasteiger partial charge in [-0.1, -0.05) is 52.0 Å². The van der Waals surface area contributed by atoms with Gasteiger partial charge >= 0.3 is 0 Å². The van der Waals surface area contributed by atoms with E-state index in [-0.39, 0.29) is 24.3 Å². The van der Waals surface area contributed by atoms with E-state index in [4.69, 9.17) is 0 Å². The van der Waals surface area contributed by atoms with Gasteiger partial charge in [-0.15, -0.1) is 6.58 Å². The van der Waals surface area contributed by atoms with Gasteiger partial charge in [0.05, 0.1) is 0 Å². The van der Waals surface area contributed by atoms with E-state index in [1.807, 2.05) is 26.0 Å². The van der Waals surface area contributed by atoms with E-state index in [0.29, 0.717) is 17.7 Å². The first-order valence-electron chi connectivity index (χ1n) is 11.3. The molecule has 0 heterocycles. The average molecular weight is 490 g/mol. The number of hydroxylamine groups is 1. The predicted octanol–water partition coefficient (Wildman–Crippen LogP) is 4.23. The average Bonchev–Trinajstić information content (AvgIpc) is 2.75. The molecule has 2 unspecified atom stereocenters.